The molecule has 1 heterocycles. The number of carbonyl (C=O) groups is 1. The number of anilines is 1. The SMILES string of the molecule is CC1CN(C(=O)C(C)CS(=O)(=O)Nc2cccc(F)c2)C(C)(C)CO1. The lowest BCUT2D eigenvalue weighted by molar-refractivity contribution is -0.155. The monoisotopic (exact) mass is 372 g/mol. The van der Waals surface area contributed by atoms with Gasteiger partial charge in [-0.05, 0) is 39.0 Å². The lowest BCUT2D eigenvalue weighted by Crippen LogP contribution is -2.59. The summed E-state index contributed by atoms with van der Waals surface area (Å²) in [6, 6.07) is 5.20. The zero-order valence-electron chi connectivity index (χ0n) is 15.0. The second kappa shape index (κ2) is 7.29. The van der Waals surface area contributed by atoms with Gasteiger partial charge in [-0.3, -0.25) is 9.52 Å². The van der Waals surface area contributed by atoms with E-state index in [1.807, 2.05) is 20.8 Å². The smallest absolute Gasteiger partial charge is 0.233 e. The van der Waals surface area contributed by atoms with Crippen molar-refractivity contribution in [3.8, 4) is 0 Å². The van der Waals surface area contributed by atoms with Crippen molar-refractivity contribution >= 4 is 21.6 Å². The minimum atomic E-state index is -3.78. The quantitative estimate of drug-likeness (QED) is 0.860. The number of morpholine rings is 1. The predicted octanol–water partition coefficient (Wildman–Crippen LogP) is 2.23. The van der Waals surface area contributed by atoms with Crippen LogP contribution in [0.5, 0.6) is 0 Å². The number of halogens is 1. The van der Waals surface area contributed by atoms with Crippen LogP contribution in [0.4, 0.5) is 10.1 Å². The summed E-state index contributed by atoms with van der Waals surface area (Å²) >= 11 is 0. The number of nitrogens with zero attached hydrogens (tertiary/aromatic N) is 1. The zero-order chi connectivity index (χ0) is 18.8. The molecule has 2 unspecified atom stereocenters. The van der Waals surface area contributed by atoms with Gasteiger partial charge < -0.3 is 9.64 Å². The minimum absolute atomic E-state index is 0.0915. The Hall–Kier alpha value is -1.67. The van der Waals surface area contributed by atoms with E-state index in [4.69, 9.17) is 4.74 Å². The van der Waals surface area contributed by atoms with Gasteiger partial charge in [-0.1, -0.05) is 13.0 Å². The fourth-order valence-corrected chi connectivity index (χ4v) is 4.18. The van der Waals surface area contributed by atoms with E-state index in [0.717, 1.165) is 6.07 Å². The van der Waals surface area contributed by atoms with Gasteiger partial charge in [-0.15, -0.1) is 0 Å². The molecule has 25 heavy (non-hydrogen) atoms. The molecule has 1 aromatic rings. The van der Waals surface area contributed by atoms with Crippen molar-refractivity contribution in [3.05, 3.63) is 30.1 Å². The summed E-state index contributed by atoms with van der Waals surface area (Å²) in [5, 5.41) is 0. The topological polar surface area (TPSA) is 75.7 Å². The summed E-state index contributed by atoms with van der Waals surface area (Å²) in [5.74, 6) is -1.86. The fourth-order valence-electron chi connectivity index (χ4n) is 2.81. The molecule has 2 atom stereocenters. The number of carbonyl (C=O) groups excluding carboxylic acids is 1. The summed E-state index contributed by atoms with van der Waals surface area (Å²) in [7, 11) is -3.78. The van der Waals surface area contributed by atoms with Gasteiger partial charge in [0.25, 0.3) is 0 Å². The molecular formula is C17H25FN2O4S. The van der Waals surface area contributed by atoms with Gasteiger partial charge in [0.05, 0.1) is 35.6 Å². The Kier molecular flexibility index (Phi) is 5.73. The standard InChI is InChI=1S/C17H25FN2O4S/c1-12(16(21)20-9-13(2)24-11-17(20,3)4)10-25(22,23)19-15-7-5-6-14(18)8-15/h5-8,12-13,19H,9-11H2,1-4H3. The molecule has 140 valence electrons. The molecule has 0 aromatic heterocycles. The Labute approximate surface area is 148 Å². The van der Waals surface area contributed by atoms with Crippen LogP contribution in [-0.2, 0) is 19.6 Å². The molecule has 0 saturated carbocycles. The second-order valence-corrected chi connectivity index (χ2v) is 8.94. The van der Waals surface area contributed by atoms with E-state index in [9.17, 15) is 17.6 Å². The normalized spacial score (nSPS) is 21.6. The number of ether oxygens (including phenoxy) is 1. The molecule has 6 nitrogen and oxygen atoms in total. The number of hydrogen-bond donors (Lipinski definition) is 1. The molecule has 0 radical (unpaired) electrons. The molecule has 8 heteroatoms. The van der Waals surface area contributed by atoms with Crippen LogP contribution in [0, 0.1) is 11.7 Å². The molecule has 1 aromatic carbocycles. The first-order chi connectivity index (χ1) is 11.5. The molecule has 1 amide bonds. The number of hydrogen-bond acceptors (Lipinski definition) is 4. The molecule has 1 aliphatic heterocycles. The van der Waals surface area contributed by atoms with Gasteiger partial charge in [-0.25, -0.2) is 12.8 Å². The molecule has 0 spiro atoms. The van der Waals surface area contributed by atoms with Gasteiger partial charge in [0.1, 0.15) is 5.82 Å². The predicted molar refractivity (Wildman–Crippen MR) is 94.2 cm³/mol. The maximum atomic E-state index is 13.2. The number of rotatable bonds is 5. The van der Waals surface area contributed by atoms with E-state index in [-0.39, 0.29) is 23.5 Å². The van der Waals surface area contributed by atoms with Crippen molar-refractivity contribution in [2.24, 2.45) is 5.92 Å². The number of amides is 1. The van der Waals surface area contributed by atoms with Crippen molar-refractivity contribution in [1.82, 2.24) is 4.90 Å². The minimum Gasteiger partial charge on any atom is -0.374 e. The number of nitrogens with one attached hydrogen (secondary N) is 1. The Morgan fingerprint density at radius 1 is 1.48 bits per heavy atom. The van der Waals surface area contributed by atoms with Crippen molar-refractivity contribution in [2.45, 2.75) is 39.3 Å². The third-order valence-corrected chi connectivity index (χ3v) is 5.63. The average Bonchev–Trinajstić information content (AvgIpc) is 2.48. The highest BCUT2D eigenvalue weighted by Gasteiger charge is 2.39. The molecule has 1 fully saturated rings. The number of sulfonamides is 1. The van der Waals surface area contributed by atoms with Crippen molar-refractivity contribution < 1.29 is 22.3 Å². The average molecular weight is 372 g/mol. The highest BCUT2D eigenvalue weighted by atomic mass is 32.2. The van der Waals surface area contributed by atoms with E-state index in [0.29, 0.717) is 13.2 Å². The van der Waals surface area contributed by atoms with Crippen LogP contribution in [0.3, 0.4) is 0 Å². The fraction of sp³-hybridized carbons (Fsp3) is 0.588. The molecule has 1 N–H and O–H groups in total. The Morgan fingerprint density at radius 2 is 2.16 bits per heavy atom. The van der Waals surface area contributed by atoms with Crippen LogP contribution in [0.1, 0.15) is 27.7 Å². The summed E-state index contributed by atoms with van der Waals surface area (Å²) < 4.78 is 45.7. The van der Waals surface area contributed by atoms with Crippen LogP contribution in [0.2, 0.25) is 0 Å². The van der Waals surface area contributed by atoms with Crippen molar-refractivity contribution in [3.63, 3.8) is 0 Å². The van der Waals surface area contributed by atoms with Gasteiger partial charge in [0, 0.05) is 6.54 Å². The third kappa shape index (κ3) is 5.15. The van der Waals surface area contributed by atoms with E-state index in [1.54, 1.807) is 11.8 Å². The summed E-state index contributed by atoms with van der Waals surface area (Å²) in [5.41, 5.74) is -0.350. The van der Waals surface area contributed by atoms with Crippen molar-refractivity contribution in [2.75, 3.05) is 23.6 Å². The molecule has 2 rings (SSSR count). The highest BCUT2D eigenvalue weighted by molar-refractivity contribution is 7.92. The maximum absolute atomic E-state index is 13.2. The van der Waals surface area contributed by atoms with E-state index in [1.165, 1.54) is 18.2 Å². The van der Waals surface area contributed by atoms with Crippen LogP contribution < -0.4 is 4.72 Å². The molecule has 1 aliphatic rings. The van der Waals surface area contributed by atoms with Gasteiger partial charge in [0.15, 0.2) is 0 Å². The molecule has 0 bridgehead atoms. The summed E-state index contributed by atoms with van der Waals surface area (Å²) in [6.45, 7) is 8.08. The zero-order valence-corrected chi connectivity index (χ0v) is 15.8. The second-order valence-electron chi connectivity index (χ2n) is 7.18. The molecule has 0 aliphatic carbocycles. The van der Waals surface area contributed by atoms with Gasteiger partial charge >= 0.3 is 0 Å². The lowest BCUT2D eigenvalue weighted by atomic mass is 9.98. The first-order valence-corrected chi connectivity index (χ1v) is 9.84. The lowest BCUT2D eigenvalue weighted by Gasteiger charge is -2.45. The molecule has 1 saturated heterocycles. The van der Waals surface area contributed by atoms with E-state index >= 15 is 0 Å². The summed E-state index contributed by atoms with van der Waals surface area (Å²) in [6.07, 6.45) is -0.0915. The largest absolute Gasteiger partial charge is 0.374 e. The highest BCUT2D eigenvalue weighted by Crippen LogP contribution is 2.24. The van der Waals surface area contributed by atoms with Crippen LogP contribution >= 0.6 is 0 Å². The van der Waals surface area contributed by atoms with Crippen LogP contribution in [0.15, 0.2) is 24.3 Å². The van der Waals surface area contributed by atoms with Gasteiger partial charge in [0.2, 0.25) is 15.9 Å². The number of benzene rings is 1. The van der Waals surface area contributed by atoms with Crippen molar-refractivity contribution in [1.29, 1.82) is 0 Å². The van der Waals surface area contributed by atoms with E-state index < -0.39 is 27.3 Å². The summed E-state index contributed by atoms with van der Waals surface area (Å²) in [4.78, 5) is 14.4. The Bertz CT molecular complexity index is 736. The van der Waals surface area contributed by atoms with E-state index in [2.05, 4.69) is 4.72 Å². The first kappa shape index (κ1) is 19.7. The first-order valence-electron chi connectivity index (χ1n) is 8.19. The third-order valence-electron chi connectivity index (χ3n) is 4.15. The maximum Gasteiger partial charge on any atom is 0.233 e. The Balaban J connectivity index is 2.06. The van der Waals surface area contributed by atoms with Crippen LogP contribution in [0.25, 0.3) is 0 Å². The Morgan fingerprint density at radius 3 is 2.80 bits per heavy atom. The molecular weight excluding hydrogens is 347 g/mol. The van der Waals surface area contributed by atoms with Gasteiger partial charge in [-0.2, -0.15) is 0 Å². The van der Waals surface area contributed by atoms with Crippen LogP contribution in [-0.4, -0.2) is 49.8 Å².